The van der Waals surface area contributed by atoms with Crippen LogP contribution in [0.4, 0.5) is 11.4 Å². The predicted molar refractivity (Wildman–Crippen MR) is 106 cm³/mol. The number of anilines is 2. The van der Waals surface area contributed by atoms with Crippen LogP contribution in [0.25, 0.3) is 0 Å². The quantitative estimate of drug-likeness (QED) is 0.655. The average molecular weight is 356 g/mol. The number of hydrogen-bond acceptors (Lipinski definition) is 4. The van der Waals surface area contributed by atoms with Crippen LogP contribution in [-0.2, 0) is 4.79 Å². The van der Waals surface area contributed by atoms with Gasteiger partial charge in [0.05, 0.1) is 19.8 Å². The van der Waals surface area contributed by atoms with Crippen LogP contribution in [-0.4, -0.2) is 25.7 Å². The summed E-state index contributed by atoms with van der Waals surface area (Å²) in [5, 5.41) is 5.97. The van der Waals surface area contributed by atoms with Gasteiger partial charge in [0, 0.05) is 17.4 Å². The number of rotatable bonds is 10. The lowest BCUT2D eigenvalue weighted by molar-refractivity contribution is -0.114. The van der Waals surface area contributed by atoms with Gasteiger partial charge in [0.2, 0.25) is 5.91 Å². The van der Waals surface area contributed by atoms with E-state index in [0.717, 1.165) is 29.3 Å². The maximum atomic E-state index is 12.1. The van der Waals surface area contributed by atoms with E-state index in [9.17, 15) is 4.79 Å². The standard InChI is InChI=1S/C21H28N2O3/c1-4-25-19-10-8-17(9-11-19)22-15-21(24)23-18-6-5-7-20(14-18)26-13-12-16(2)3/h5-11,14,16,22H,4,12-13,15H2,1-3H3,(H,23,24). The molecular weight excluding hydrogens is 328 g/mol. The Morgan fingerprint density at radius 1 is 1.00 bits per heavy atom. The molecule has 2 aromatic carbocycles. The minimum absolute atomic E-state index is 0.113. The molecule has 0 atom stereocenters. The van der Waals surface area contributed by atoms with E-state index in [4.69, 9.17) is 9.47 Å². The predicted octanol–water partition coefficient (Wildman–Crippen LogP) is 4.56. The van der Waals surface area contributed by atoms with Gasteiger partial charge in [-0.3, -0.25) is 4.79 Å². The third kappa shape index (κ3) is 7.05. The minimum Gasteiger partial charge on any atom is -0.494 e. The second-order valence-corrected chi connectivity index (χ2v) is 6.42. The fourth-order valence-corrected chi connectivity index (χ4v) is 2.30. The summed E-state index contributed by atoms with van der Waals surface area (Å²) in [5.74, 6) is 2.07. The molecule has 140 valence electrons. The number of hydrogen-bond donors (Lipinski definition) is 2. The van der Waals surface area contributed by atoms with Crippen LogP contribution in [0.2, 0.25) is 0 Å². The van der Waals surface area contributed by atoms with Crippen LogP contribution in [0, 0.1) is 5.92 Å². The number of nitrogens with one attached hydrogen (secondary N) is 2. The zero-order chi connectivity index (χ0) is 18.8. The Morgan fingerprint density at radius 2 is 1.77 bits per heavy atom. The highest BCUT2D eigenvalue weighted by atomic mass is 16.5. The van der Waals surface area contributed by atoms with Crippen molar-refractivity contribution in [3.8, 4) is 11.5 Å². The molecule has 0 aliphatic carbocycles. The second kappa shape index (κ2) is 10.3. The lowest BCUT2D eigenvalue weighted by Crippen LogP contribution is -2.21. The first-order chi connectivity index (χ1) is 12.6. The largest absolute Gasteiger partial charge is 0.494 e. The molecule has 5 heteroatoms. The first kappa shape index (κ1) is 19.6. The zero-order valence-corrected chi connectivity index (χ0v) is 15.7. The number of carbonyl (C=O) groups is 1. The zero-order valence-electron chi connectivity index (χ0n) is 15.7. The van der Waals surface area contributed by atoms with Gasteiger partial charge < -0.3 is 20.1 Å². The molecule has 0 saturated heterocycles. The molecule has 26 heavy (non-hydrogen) atoms. The summed E-state index contributed by atoms with van der Waals surface area (Å²) in [6.45, 7) is 7.77. The van der Waals surface area contributed by atoms with E-state index in [1.807, 2.05) is 55.5 Å². The highest BCUT2D eigenvalue weighted by molar-refractivity contribution is 5.93. The Bertz CT molecular complexity index is 684. The van der Waals surface area contributed by atoms with Crippen LogP contribution in [0.1, 0.15) is 27.2 Å². The molecule has 0 saturated carbocycles. The summed E-state index contributed by atoms with van der Waals surface area (Å²) in [5.41, 5.74) is 1.60. The molecule has 0 unspecified atom stereocenters. The molecule has 0 spiro atoms. The number of ether oxygens (including phenoxy) is 2. The highest BCUT2D eigenvalue weighted by Gasteiger charge is 2.04. The van der Waals surface area contributed by atoms with Gasteiger partial charge in [-0.2, -0.15) is 0 Å². The molecular formula is C21H28N2O3. The molecule has 0 fully saturated rings. The molecule has 2 rings (SSSR count). The lowest BCUT2D eigenvalue weighted by Gasteiger charge is -2.11. The van der Waals surface area contributed by atoms with Gasteiger partial charge in [-0.05, 0) is 55.7 Å². The number of carbonyl (C=O) groups excluding carboxylic acids is 1. The Balaban J connectivity index is 1.79. The number of benzene rings is 2. The topological polar surface area (TPSA) is 59.6 Å². The van der Waals surface area contributed by atoms with Crippen molar-refractivity contribution >= 4 is 17.3 Å². The third-order valence-corrected chi connectivity index (χ3v) is 3.70. The fourth-order valence-electron chi connectivity index (χ4n) is 2.30. The van der Waals surface area contributed by atoms with E-state index < -0.39 is 0 Å². The second-order valence-electron chi connectivity index (χ2n) is 6.42. The fraction of sp³-hybridized carbons (Fsp3) is 0.381. The van der Waals surface area contributed by atoms with Crippen molar-refractivity contribution in [1.82, 2.24) is 0 Å². The summed E-state index contributed by atoms with van der Waals surface area (Å²) in [6, 6.07) is 15.0. The summed E-state index contributed by atoms with van der Waals surface area (Å²) >= 11 is 0. The normalized spacial score (nSPS) is 10.5. The summed E-state index contributed by atoms with van der Waals surface area (Å²) in [6.07, 6.45) is 1.00. The Kier molecular flexibility index (Phi) is 7.80. The minimum atomic E-state index is -0.113. The van der Waals surface area contributed by atoms with Crippen LogP contribution in [0.5, 0.6) is 11.5 Å². The van der Waals surface area contributed by atoms with Gasteiger partial charge >= 0.3 is 0 Å². The molecule has 0 aromatic heterocycles. The van der Waals surface area contributed by atoms with Crippen LogP contribution >= 0.6 is 0 Å². The molecule has 0 bridgehead atoms. The summed E-state index contributed by atoms with van der Waals surface area (Å²) in [7, 11) is 0. The van der Waals surface area contributed by atoms with Gasteiger partial charge in [0.25, 0.3) is 0 Å². The summed E-state index contributed by atoms with van der Waals surface area (Å²) in [4.78, 5) is 12.1. The summed E-state index contributed by atoms with van der Waals surface area (Å²) < 4.78 is 11.1. The van der Waals surface area contributed by atoms with Gasteiger partial charge in [-0.25, -0.2) is 0 Å². The van der Waals surface area contributed by atoms with Crippen molar-refractivity contribution < 1.29 is 14.3 Å². The van der Waals surface area contributed by atoms with Crippen LogP contribution in [0.3, 0.4) is 0 Å². The molecule has 5 nitrogen and oxygen atoms in total. The van der Waals surface area contributed by atoms with E-state index >= 15 is 0 Å². The van der Waals surface area contributed by atoms with E-state index in [0.29, 0.717) is 19.1 Å². The number of amides is 1. The maximum Gasteiger partial charge on any atom is 0.243 e. The van der Waals surface area contributed by atoms with E-state index in [1.165, 1.54) is 0 Å². The van der Waals surface area contributed by atoms with E-state index in [-0.39, 0.29) is 12.5 Å². The average Bonchev–Trinajstić information content (AvgIpc) is 2.61. The van der Waals surface area contributed by atoms with Crippen molar-refractivity contribution in [3.05, 3.63) is 48.5 Å². The molecule has 0 aliphatic rings. The smallest absolute Gasteiger partial charge is 0.243 e. The Morgan fingerprint density at radius 3 is 2.46 bits per heavy atom. The first-order valence-corrected chi connectivity index (χ1v) is 9.06. The highest BCUT2D eigenvalue weighted by Crippen LogP contribution is 2.18. The van der Waals surface area contributed by atoms with Gasteiger partial charge in [-0.1, -0.05) is 19.9 Å². The van der Waals surface area contributed by atoms with Gasteiger partial charge in [0.1, 0.15) is 11.5 Å². The Labute approximate surface area is 155 Å². The first-order valence-electron chi connectivity index (χ1n) is 9.06. The maximum absolute atomic E-state index is 12.1. The van der Waals surface area contributed by atoms with Crippen molar-refractivity contribution in [2.45, 2.75) is 27.2 Å². The van der Waals surface area contributed by atoms with Crippen LogP contribution in [0.15, 0.2) is 48.5 Å². The van der Waals surface area contributed by atoms with E-state index in [1.54, 1.807) is 0 Å². The molecule has 0 aliphatic heterocycles. The third-order valence-electron chi connectivity index (χ3n) is 3.70. The van der Waals surface area contributed by atoms with Crippen molar-refractivity contribution in [1.29, 1.82) is 0 Å². The molecule has 0 radical (unpaired) electrons. The lowest BCUT2D eigenvalue weighted by atomic mass is 10.1. The molecule has 2 aromatic rings. The molecule has 1 amide bonds. The van der Waals surface area contributed by atoms with Gasteiger partial charge in [-0.15, -0.1) is 0 Å². The van der Waals surface area contributed by atoms with Crippen LogP contribution < -0.4 is 20.1 Å². The SMILES string of the molecule is CCOc1ccc(NCC(=O)Nc2cccc(OCCC(C)C)c2)cc1. The van der Waals surface area contributed by atoms with Crippen molar-refractivity contribution in [2.24, 2.45) is 5.92 Å². The Hall–Kier alpha value is -2.69. The van der Waals surface area contributed by atoms with Crippen molar-refractivity contribution in [2.75, 3.05) is 30.4 Å². The molecule has 2 N–H and O–H groups in total. The monoisotopic (exact) mass is 356 g/mol. The molecule has 0 heterocycles. The van der Waals surface area contributed by atoms with Gasteiger partial charge in [0.15, 0.2) is 0 Å². The van der Waals surface area contributed by atoms with Crippen molar-refractivity contribution in [3.63, 3.8) is 0 Å². The van der Waals surface area contributed by atoms with E-state index in [2.05, 4.69) is 24.5 Å².